The predicted octanol–water partition coefficient (Wildman–Crippen LogP) is 5.06. The molecule has 35 heavy (non-hydrogen) atoms. The number of anilines is 2. The number of amides is 1. The molecule has 0 bridgehead atoms. The van der Waals surface area contributed by atoms with Gasteiger partial charge in [-0.3, -0.25) is 4.79 Å². The average Bonchev–Trinajstić information content (AvgIpc) is 2.82. The van der Waals surface area contributed by atoms with Crippen LogP contribution in [0.3, 0.4) is 0 Å². The first kappa shape index (κ1) is 25.1. The van der Waals surface area contributed by atoms with Gasteiger partial charge in [0, 0.05) is 43.7 Å². The maximum absolute atomic E-state index is 12.5. The van der Waals surface area contributed by atoms with Gasteiger partial charge >= 0.3 is 0 Å². The Hall–Kier alpha value is -3.05. The van der Waals surface area contributed by atoms with Crippen LogP contribution < -0.4 is 15.0 Å². The monoisotopic (exact) mass is 507 g/mol. The van der Waals surface area contributed by atoms with Crippen LogP contribution in [-0.4, -0.2) is 59.9 Å². The molecule has 1 N–H and O–H groups in total. The third-order valence-electron chi connectivity index (χ3n) is 5.87. The summed E-state index contributed by atoms with van der Waals surface area (Å²) in [4.78, 5) is 26.4. The minimum absolute atomic E-state index is 0.155. The van der Waals surface area contributed by atoms with Crippen molar-refractivity contribution in [2.75, 3.05) is 49.4 Å². The number of likely N-dealkylation sites (N-methyl/N-ethyl adjacent to an activating group) is 1. The van der Waals surface area contributed by atoms with Gasteiger partial charge in [0.05, 0.1) is 11.2 Å². The third kappa shape index (κ3) is 6.98. The Bertz CT molecular complexity index is 1180. The van der Waals surface area contributed by atoms with Crippen molar-refractivity contribution in [3.05, 3.63) is 53.7 Å². The van der Waals surface area contributed by atoms with Crippen molar-refractivity contribution >= 4 is 39.6 Å². The van der Waals surface area contributed by atoms with E-state index in [1.54, 1.807) is 12.1 Å². The van der Waals surface area contributed by atoms with Crippen LogP contribution in [0.2, 0.25) is 0 Å². The molecular weight excluding hydrogens is 479 g/mol. The largest absolute Gasteiger partial charge is 0.477 e. The Morgan fingerprint density at radius 2 is 1.77 bits per heavy atom. The van der Waals surface area contributed by atoms with Gasteiger partial charge in [-0.25, -0.2) is 9.97 Å². The van der Waals surface area contributed by atoms with Gasteiger partial charge in [0.1, 0.15) is 5.75 Å². The fourth-order valence-corrected chi connectivity index (χ4v) is 4.13. The van der Waals surface area contributed by atoms with E-state index in [1.165, 1.54) is 12.1 Å². The highest BCUT2D eigenvalue weighted by molar-refractivity contribution is 8.20. The summed E-state index contributed by atoms with van der Waals surface area (Å²) in [6, 6.07) is 11.9. The number of rotatable bonds is 8. The van der Waals surface area contributed by atoms with E-state index in [4.69, 9.17) is 14.7 Å². The number of benzene rings is 2. The van der Waals surface area contributed by atoms with Crippen molar-refractivity contribution in [3.63, 3.8) is 0 Å². The Labute approximate surface area is 204 Å². The summed E-state index contributed by atoms with van der Waals surface area (Å²) in [5, 5.41) is 3.79. The van der Waals surface area contributed by atoms with Gasteiger partial charge in [0.15, 0.2) is 5.94 Å². The molecule has 188 valence electrons. The van der Waals surface area contributed by atoms with Crippen LogP contribution in [0.25, 0.3) is 10.9 Å². The van der Waals surface area contributed by atoms with Gasteiger partial charge in [-0.2, -0.15) is 0 Å². The maximum atomic E-state index is 12.5. The number of aromatic nitrogens is 2. The van der Waals surface area contributed by atoms with Gasteiger partial charge in [0.2, 0.25) is 23.0 Å². The van der Waals surface area contributed by atoms with Crippen LogP contribution in [0, 0.1) is 6.92 Å². The van der Waals surface area contributed by atoms with Gasteiger partial charge in [0.25, 0.3) is 0 Å². The predicted molar refractivity (Wildman–Crippen MR) is 134 cm³/mol. The molecule has 4 rings (SSSR count). The van der Waals surface area contributed by atoms with Gasteiger partial charge in [-0.05, 0) is 56.3 Å². The molecule has 11 heteroatoms. The molecule has 1 aliphatic rings. The summed E-state index contributed by atoms with van der Waals surface area (Å²) < 4.78 is 41.7. The Balaban J connectivity index is 1.34. The fourth-order valence-electron chi connectivity index (χ4n) is 3.86. The quantitative estimate of drug-likeness (QED) is 0.460. The molecule has 0 atom stereocenters. The number of nitrogens with one attached hydrogen (secondary N) is 1. The first-order valence-electron chi connectivity index (χ1n) is 11.3. The number of carbonyl (C=O) groups excluding carboxylic acids is 1. The molecule has 0 saturated carbocycles. The van der Waals surface area contributed by atoms with Gasteiger partial charge in [-0.1, -0.05) is 12.1 Å². The molecule has 3 aromatic rings. The molecule has 1 amide bonds. The van der Waals surface area contributed by atoms with E-state index in [1.807, 2.05) is 25.1 Å². The van der Waals surface area contributed by atoms with Crippen LogP contribution in [0.1, 0.15) is 17.7 Å². The summed E-state index contributed by atoms with van der Waals surface area (Å²) in [5.41, 5.74) is 3.19. The zero-order chi connectivity index (χ0) is 25.0. The van der Waals surface area contributed by atoms with E-state index in [0.717, 1.165) is 54.3 Å². The van der Waals surface area contributed by atoms with E-state index in [0.29, 0.717) is 12.1 Å². The lowest BCUT2D eigenvalue weighted by Crippen LogP contribution is -2.45. The first-order valence-corrected chi connectivity index (χ1v) is 12.8. The standard InChI is InChI=1S/C24H28F3N5O2S/c1-17-21-15-19(6-9-22(21)30-24(28-17)32-13-11-31(2)12-14-32)29-23(33)10-5-18-3-7-20(8-4-18)34-16-35(25,26)27/h3-4,6-9,15H,5,10-14,16H2,1-2H3,(H,29,33). The lowest BCUT2D eigenvalue weighted by molar-refractivity contribution is -0.116. The SMILES string of the molecule is Cc1nc(N2CCN(C)CC2)nc2ccc(NC(=O)CCc3ccc(OCS(F)(F)F)cc3)cc12. The Morgan fingerprint density at radius 3 is 2.46 bits per heavy atom. The molecule has 0 aliphatic carbocycles. The number of hydrogen-bond acceptors (Lipinski definition) is 6. The second kappa shape index (κ2) is 10.7. The molecule has 0 radical (unpaired) electrons. The number of ether oxygens (including phenoxy) is 1. The van der Waals surface area contributed by atoms with Crippen LogP contribution in [0.4, 0.5) is 23.3 Å². The van der Waals surface area contributed by atoms with E-state index in [-0.39, 0.29) is 18.1 Å². The second-order valence-corrected chi connectivity index (χ2v) is 9.83. The summed E-state index contributed by atoms with van der Waals surface area (Å²) in [7, 11) is 2.10. The molecule has 7 nitrogen and oxygen atoms in total. The number of halogens is 3. The number of piperazine rings is 1. The lowest BCUT2D eigenvalue weighted by atomic mass is 10.1. The van der Waals surface area contributed by atoms with Crippen molar-refractivity contribution in [3.8, 4) is 5.75 Å². The number of hydrogen-bond donors (Lipinski definition) is 1. The molecule has 2 aromatic carbocycles. The molecule has 1 aliphatic heterocycles. The van der Waals surface area contributed by atoms with E-state index in [9.17, 15) is 16.5 Å². The van der Waals surface area contributed by atoms with E-state index < -0.39 is 17.1 Å². The van der Waals surface area contributed by atoms with Crippen molar-refractivity contribution < 1.29 is 21.2 Å². The highest BCUT2D eigenvalue weighted by Crippen LogP contribution is 2.52. The highest BCUT2D eigenvalue weighted by Gasteiger charge is 2.21. The summed E-state index contributed by atoms with van der Waals surface area (Å²) in [5.74, 6) is -0.510. The number of carbonyl (C=O) groups is 1. The fraction of sp³-hybridized carbons (Fsp3) is 0.375. The second-order valence-electron chi connectivity index (χ2n) is 8.59. The van der Waals surface area contributed by atoms with Crippen molar-refractivity contribution in [1.82, 2.24) is 14.9 Å². The van der Waals surface area contributed by atoms with E-state index >= 15 is 0 Å². The van der Waals surface area contributed by atoms with Crippen LogP contribution in [0.5, 0.6) is 5.75 Å². The average molecular weight is 508 g/mol. The lowest BCUT2D eigenvalue weighted by Gasteiger charge is -2.32. The molecule has 0 spiro atoms. The third-order valence-corrected chi connectivity index (χ3v) is 6.25. The molecule has 1 aromatic heterocycles. The minimum Gasteiger partial charge on any atom is -0.477 e. The zero-order valence-corrected chi connectivity index (χ0v) is 20.5. The molecular formula is C24H28F3N5O2S. The normalized spacial score (nSPS) is 15.3. The topological polar surface area (TPSA) is 70.6 Å². The number of nitrogens with zero attached hydrogens (tertiary/aromatic N) is 4. The van der Waals surface area contributed by atoms with Gasteiger partial charge < -0.3 is 19.9 Å². The number of aryl methyl sites for hydroxylation is 2. The van der Waals surface area contributed by atoms with Crippen LogP contribution >= 0.6 is 11.2 Å². The Kier molecular flexibility index (Phi) is 7.66. The van der Waals surface area contributed by atoms with Crippen molar-refractivity contribution in [2.45, 2.75) is 19.8 Å². The van der Waals surface area contributed by atoms with Crippen molar-refractivity contribution in [1.29, 1.82) is 0 Å². The molecule has 1 saturated heterocycles. The molecule has 0 unspecified atom stereocenters. The van der Waals surface area contributed by atoms with E-state index in [2.05, 4.69) is 22.2 Å². The smallest absolute Gasteiger partial charge is 0.244 e. The van der Waals surface area contributed by atoms with Crippen LogP contribution in [0.15, 0.2) is 42.5 Å². The number of fused-ring (bicyclic) bond motifs is 1. The molecule has 2 heterocycles. The highest BCUT2D eigenvalue weighted by atomic mass is 32.3. The summed E-state index contributed by atoms with van der Waals surface area (Å²) >= 11 is -5.20. The summed E-state index contributed by atoms with van der Waals surface area (Å²) in [6.07, 6.45) is 0.698. The van der Waals surface area contributed by atoms with Crippen molar-refractivity contribution in [2.24, 2.45) is 0 Å². The Morgan fingerprint density at radius 1 is 1.06 bits per heavy atom. The summed E-state index contributed by atoms with van der Waals surface area (Å²) in [6.45, 7) is 5.67. The van der Waals surface area contributed by atoms with Gasteiger partial charge in [-0.15, -0.1) is 11.7 Å². The minimum atomic E-state index is -5.20. The van der Waals surface area contributed by atoms with Crippen LogP contribution in [-0.2, 0) is 11.2 Å². The zero-order valence-electron chi connectivity index (χ0n) is 19.6. The first-order chi connectivity index (χ1) is 16.7. The molecule has 1 fully saturated rings. The maximum Gasteiger partial charge on any atom is 0.244 e.